The number of ether oxygens (including phenoxy) is 3. The van der Waals surface area contributed by atoms with Gasteiger partial charge in [0, 0.05) is 23.7 Å². The minimum absolute atomic E-state index is 0.336. The topological polar surface area (TPSA) is 27.7 Å². The maximum absolute atomic E-state index is 6.56. The Morgan fingerprint density at radius 2 is 1.57 bits per heavy atom. The lowest BCUT2D eigenvalue weighted by atomic mass is 9.59. The molecule has 6 aliphatic heterocycles. The molecule has 126 valence electrons. The lowest BCUT2D eigenvalue weighted by Crippen LogP contribution is -2.49. The number of fused-ring (bicyclic) bond motifs is 16. The van der Waals surface area contributed by atoms with E-state index in [1.807, 2.05) is 0 Å². The van der Waals surface area contributed by atoms with Crippen molar-refractivity contribution in [1.82, 2.24) is 0 Å². The average Bonchev–Trinajstić information content (AvgIpc) is 3.36. The van der Waals surface area contributed by atoms with Gasteiger partial charge in [0.25, 0.3) is 0 Å². The van der Waals surface area contributed by atoms with E-state index in [9.17, 15) is 0 Å². The molecule has 6 bridgehead atoms. The average molecular weight is 316 g/mol. The summed E-state index contributed by atoms with van der Waals surface area (Å²) < 4.78 is 19.2. The highest BCUT2D eigenvalue weighted by atomic mass is 16.6. The van der Waals surface area contributed by atoms with Gasteiger partial charge in [0.1, 0.15) is 0 Å². The van der Waals surface area contributed by atoms with Gasteiger partial charge in [-0.05, 0) is 18.8 Å². The van der Waals surface area contributed by atoms with Crippen molar-refractivity contribution >= 4 is 0 Å². The molecule has 0 aromatic carbocycles. The number of hydrogen-bond acceptors (Lipinski definition) is 3. The van der Waals surface area contributed by atoms with Gasteiger partial charge in [-0.1, -0.05) is 44.8 Å². The van der Waals surface area contributed by atoms with Crippen LogP contribution in [0.15, 0.2) is 12.2 Å². The molecule has 5 saturated heterocycles. The summed E-state index contributed by atoms with van der Waals surface area (Å²) in [7, 11) is 0. The van der Waals surface area contributed by atoms with E-state index in [4.69, 9.17) is 14.2 Å². The molecule has 6 aliphatic rings. The lowest BCUT2D eigenvalue weighted by Gasteiger charge is -2.39. The van der Waals surface area contributed by atoms with Gasteiger partial charge in [-0.15, -0.1) is 0 Å². The Bertz CT molecular complexity index is 531. The van der Waals surface area contributed by atoms with Gasteiger partial charge in [0.2, 0.25) is 0 Å². The highest BCUT2D eigenvalue weighted by Gasteiger charge is 2.73. The number of hydrogen-bond donors (Lipinski definition) is 0. The van der Waals surface area contributed by atoms with E-state index in [1.165, 1.54) is 38.5 Å². The fraction of sp³-hybridized carbons (Fsp3) is 0.900. The van der Waals surface area contributed by atoms with Crippen LogP contribution >= 0.6 is 0 Å². The summed E-state index contributed by atoms with van der Waals surface area (Å²) in [6.45, 7) is 2.29. The Morgan fingerprint density at radius 1 is 0.783 bits per heavy atom. The molecular formula is C20H28O3. The molecule has 0 spiro atoms. The van der Waals surface area contributed by atoms with Crippen molar-refractivity contribution in [2.24, 2.45) is 29.6 Å². The minimum atomic E-state index is 0.336. The predicted octanol–water partition coefficient (Wildman–Crippen LogP) is 3.33. The molecule has 0 saturated carbocycles. The second-order valence-electron chi connectivity index (χ2n) is 8.81. The van der Waals surface area contributed by atoms with Gasteiger partial charge in [-0.3, -0.25) is 0 Å². The Kier molecular flexibility index (Phi) is 2.91. The third-order valence-electron chi connectivity index (χ3n) is 7.85. The van der Waals surface area contributed by atoms with E-state index in [0.29, 0.717) is 60.3 Å². The van der Waals surface area contributed by atoms with Gasteiger partial charge in [0.15, 0.2) is 0 Å². The Balaban J connectivity index is 1.20. The van der Waals surface area contributed by atoms with Gasteiger partial charge in [-0.2, -0.15) is 0 Å². The van der Waals surface area contributed by atoms with Crippen LogP contribution in [0.25, 0.3) is 0 Å². The third kappa shape index (κ3) is 1.67. The summed E-state index contributed by atoms with van der Waals surface area (Å²) >= 11 is 0. The Morgan fingerprint density at radius 3 is 2.35 bits per heavy atom. The molecule has 3 heteroatoms. The predicted molar refractivity (Wildman–Crippen MR) is 85.9 cm³/mol. The van der Waals surface area contributed by atoms with Crippen LogP contribution in [0.4, 0.5) is 0 Å². The van der Waals surface area contributed by atoms with Crippen molar-refractivity contribution in [3.63, 3.8) is 0 Å². The molecule has 0 N–H and O–H groups in total. The SMILES string of the molecule is CCCCCCC1CC2OC1C1C3OC(C4C5C=CC(O5)C34)C21. The monoisotopic (exact) mass is 316 g/mol. The number of rotatable bonds is 5. The largest absolute Gasteiger partial charge is 0.374 e. The van der Waals surface area contributed by atoms with Gasteiger partial charge >= 0.3 is 0 Å². The van der Waals surface area contributed by atoms with Crippen molar-refractivity contribution in [3.05, 3.63) is 12.2 Å². The fourth-order valence-electron chi connectivity index (χ4n) is 7.11. The van der Waals surface area contributed by atoms with Crippen molar-refractivity contribution in [1.29, 1.82) is 0 Å². The van der Waals surface area contributed by atoms with E-state index in [1.54, 1.807) is 0 Å². The van der Waals surface area contributed by atoms with E-state index in [2.05, 4.69) is 19.1 Å². The number of unbranched alkanes of at least 4 members (excludes halogenated alkanes) is 3. The summed E-state index contributed by atoms with van der Waals surface area (Å²) in [5.74, 6) is 3.40. The molecule has 11 unspecified atom stereocenters. The van der Waals surface area contributed by atoms with Crippen LogP contribution in [-0.4, -0.2) is 36.6 Å². The van der Waals surface area contributed by atoms with Crippen LogP contribution in [-0.2, 0) is 14.2 Å². The van der Waals surface area contributed by atoms with Crippen molar-refractivity contribution in [3.8, 4) is 0 Å². The fourth-order valence-corrected chi connectivity index (χ4v) is 7.11. The van der Waals surface area contributed by atoms with E-state index in [0.717, 1.165) is 5.92 Å². The van der Waals surface area contributed by atoms with Crippen molar-refractivity contribution in [2.45, 2.75) is 82.1 Å². The summed E-state index contributed by atoms with van der Waals surface area (Å²) in [4.78, 5) is 0. The molecule has 0 aromatic heterocycles. The smallest absolute Gasteiger partial charge is 0.0822 e. The van der Waals surface area contributed by atoms with Crippen LogP contribution < -0.4 is 0 Å². The molecule has 5 fully saturated rings. The summed E-state index contributed by atoms with van der Waals surface area (Å²) in [5.41, 5.74) is 0. The quantitative estimate of drug-likeness (QED) is 0.575. The molecule has 0 radical (unpaired) electrons. The van der Waals surface area contributed by atoms with Crippen LogP contribution in [0.3, 0.4) is 0 Å². The van der Waals surface area contributed by atoms with E-state index in [-0.39, 0.29) is 0 Å². The molecule has 11 atom stereocenters. The molecule has 0 aromatic rings. The van der Waals surface area contributed by atoms with Gasteiger partial charge in [0.05, 0.1) is 36.6 Å². The maximum atomic E-state index is 6.56. The first kappa shape index (κ1) is 13.9. The molecular weight excluding hydrogens is 288 g/mol. The van der Waals surface area contributed by atoms with Crippen LogP contribution in [0.5, 0.6) is 0 Å². The molecule has 0 aliphatic carbocycles. The standard InChI is InChI=1S/C20H28O3/c1-2-3-4-5-6-10-9-13-16-17(18(10)22-13)20-15-12-8-7-11(21-12)14(15)19(16)23-20/h7-8,10-20H,2-6,9H2,1H3. The molecule has 6 heterocycles. The highest BCUT2D eigenvalue weighted by molar-refractivity contribution is 5.26. The Labute approximate surface area is 138 Å². The minimum Gasteiger partial charge on any atom is -0.374 e. The van der Waals surface area contributed by atoms with E-state index < -0.39 is 0 Å². The first-order valence-corrected chi connectivity index (χ1v) is 10.0. The second-order valence-corrected chi connectivity index (χ2v) is 8.81. The first-order chi connectivity index (χ1) is 11.4. The van der Waals surface area contributed by atoms with Gasteiger partial charge in [-0.25, -0.2) is 0 Å². The summed E-state index contributed by atoms with van der Waals surface area (Å²) in [6.07, 6.45) is 15.2. The summed E-state index contributed by atoms with van der Waals surface area (Å²) in [5, 5.41) is 0. The zero-order valence-electron chi connectivity index (χ0n) is 14.0. The van der Waals surface area contributed by atoms with Crippen LogP contribution in [0, 0.1) is 29.6 Å². The molecule has 23 heavy (non-hydrogen) atoms. The highest BCUT2D eigenvalue weighted by Crippen LogP contribution is 2.66. The van der Waals surface area contributed by atoms with Crippen LogP contribution in [0.2, 0.25) is 0 Å². The van der Waals surface area contributed by atoms with E-state index >= 15 is 0 Å². The third-order valence-corrected chi connectivity index (χ3v) is 7.85. The van der Waals surface area contributed by atoms with Gasteiger partial charge < -0.3 is 14.2 Å². The normalized spacial score (nSPS) is 60.0. The second kappa shape index (κ2) is 4.83. The molecule has 3 nitrogen and oxygen atoms in total. The zero-order chi connectivity index (χ0) is 15.1. The van der Waals surface area contributed by atoms with Crippen molar-refractivity contribution in [2.75, 3.05) is 0 Å². The zero-order valence-corrected chi connectivity index (χ0v) is 14.0. The molecule has 6 rings (SSSR count). The Hall–Kier alpha value is -0.380. The lowest BCUT2D eigenvalue weighted by molar-refractivity contribution is -0.0339. The molecule has 0 amide bonds. The van der Waals surface area contributed by atoms with Crippen LogP contribution in [0.1, 0.15) is 45.4 Å². The first-order valence-electron chi connectivity index (χ1n) is 10.0. The van der Waals surface area contributed by atoms with Crippen molar-refractivity contribution < 1.29 is 14.2 Å². The summed E-state index contributed by atoms with van der Waals surface area (Å²) in [6, 6.07) is 0. The maximum Gasteiger partial charge on any atom is 0.0822 e.